The van der Waals surface area contributed by atoms with Gasteiger partial charge in [-0.3, -0.25) is 9.59 Å². The van der Waals surface area contributed by atoms with Crippen molar-refractivity contribution in [1.82, 2.24) is 4.90 Å². The number of methoxy groups -OCH3 is 3. The second-order valence-electron chi connectivity index (χ2n) is 7.57. The van der Waals surface area contributed by atoms with E-state index in [4.69, 9.17) is 14.2 Å². The van der Waals surface area contributed by atoms with Gasteiger partial charge < -0.3 is 24.0 Å². The maximum Gasteiger partial charge on any atom is 0.228 e. The fourth-order valence-electron chi connectivity index (χ4n) is 3.92. The first-order valence-electron chi connectivity index (χ1n) is 9.99. The second kappa shape index (κ2) is 8.55. The number of hydrogen-bond acceptors (Lipinski definition) is 6. The lowest BCUT2D eigenvalue weighted by Gasteiger charge is -2.25. The minimum Gasteiger partial charge on any atom is -0.493 e. The summed E-state index contributed by atoms with van der Waals surface area (Å²) in [4.78, 5) is 30.9. The number of benzene rings is 1. The van der Waals surface area contributed by atoms with Gasteiger partial charge in [-0.15, -0.1) is 11.3 Å². The quantitative estimate of drug-likeness (QED) is 0.643. The van der Waals surface area contributed by atoms with Crippen LogP contribution in [0, 0.1) is 5.92 Å². The highest BCUT2D eigenvalue weighted by Gasteiger charge is 2.41. The van der Waals surface area contributed by atoms with Crippen molar-refractivity contribution in [2.75, 3.05) is 32.8 Å². The van der Waals surface area contributed by atoms with Gasteiger partial charge in [-0.25, -0.2) is 0 Å². The Kier molecular flexibility index (Phi) is 5.85. The van der Waals surface area contributed by atoms with Gasteiger partial charge in [0.1, 0.15) is 0 Å². The standard InChI is InChI=1S/C22H26N2O5S/c1-27-18-10-16(11-19(28-2)21(18)29-3)23-12-14(9-20(23)25)22(26)24(15-6-7-15)13-17-5-4-8-30-17/h4-5,8,10-11,14-15H,6-7,9,12-13H2,1-3H3/t14-/m0/s1. The summed E-state index contributed by atoms with van der Waals surface area (Å²) >= 11 is 1.66. The average molecular weight is 431 g/mol. The van der Waals surface area contributed by atoms with Gasteiger partial charge in [0, 0.05) is 36.0 Å². The molecule has 0 spiro atoms. The average Bonchev–Trinajstić information content (AvgIpc) is 3.32. The lowest BCUT2D eigenvalue weighted by Crippen LogP contribution is -2.38. The van der Waals surface area contributed by atoms with Gasteiger partial charge in [-0.2, -0.15) is 0 Å². The van der Waals surface area contributed by atoms with Crippen LogP contribution in [0.3, 0.4) is 0 Å². The van der Waals surface area contributed by atoms with Crippen LogP contribution in [-0.2, 0) is 16.1 Å². The number of ether oxygens (including phenoxy) is 3. The Morgan fingerprint density at radius 3 is 2.40 bits per heavy atom. The summed E-state index contributed by atoms with van der Waals surface area (Å²) in [7, 11) is 4.62. The van der Waals surface area contributed by atoms with Gasteiger partial charge in [0.15, 0.2) is 11.5 Å². The maximum absolute atomic E-state index is 13.3. The molecular weight excluding hydrogens is 404 g/mol. The molecule has 2 aliphatic rings. The number of thiophene rings is 1. The first kappa shape index (κ1) is 20.5. The third-order valence-corrected chi connectivity index (χ3v) is 6.47. The van der Waals surface area contributed by atoms with Gasteiger partial charge in [0.25, 0.3) is 0 Å². The van der Waals surface area contributed by atoms with Crippen molar-refractivity contribution in [3.63, 3.8) is 0 Å². The summed E-state index contributed by atoms with van der Waals surface area (Å²) in [6.07, 6.45) is 2.28. The lowest BCUT2D eigenvalue weighted by atomic mass is 10.1. The highest BCUT2D eigenvalue weighted by atomic mass is 32.1. The topological polar surface area (TPSA) is 68.3 Å². The van der Waals surface area contributed by atoms with Crippen LogP contribution in [0.2, 0.25) is 0 Å². The van der Waals surface area contributed by atoms with Crippen LogP contribution in [0.25, 0.3) is 0 Å². The van der Waals surface area contributed by atoms with Crippen LogP contribution in [0.15, 0.2) is 29.6 Å². The third kappa shape index (κ3) is 3.96. The summed E-state index contributed by atoms with van der Waals surface area (Å²) in [5.41, 5.74) is 0.640. The Morgan fingerprint density at radius 2 is 1.87 bits per heavy atom. The van der Waals surface area contributed by atoms with Crippen molar-refractivity contribution in [2.45, 2.75) is 31.8 Å². The third-order valence-electron chi connectivity index (χ3n) is 5.61. The minimum atomic E-state index is -0.350. The molecule has 2 fully saturated rings. The number of amides is 2. The molecule has 160 valence electrons. The minimum absolute atomic E-state index is 0.0641. The fraction of sp³-hybridized carbons (Fsp3) is 0.455. The first-order valence-corrected chi connectivity index (χ1v) is 10.9. The molecular formula is C22H26N2O5S. The molecule has 0 radical (unpaired) electrons. The summed E-state index contributed by atoms with van der Waals surface area (Å²) < 4.78 is 16.2. The van der Waals surface area contributed by atoms with E-state index in [0.717, 1.165) is 12.8 Å². The molecule has 1 aliphatic heterocycles. The van der Waals surface area contributed by atoms with Crippen molar-refractivity contribution >= 4 is 28.8 Å². The zero-order valence-electron chi connectivity index (χ0n) is 17.4. The van der Waals surface area contributed by atoms with Crippen LogP contribution in [0.1, 0.15) is 24.1 Å². The summed E-state index contributed by atoms with van der Waals surface area (Å²) in [5.74, 6) is 1.07. The van der Waals surface area contributed by atoms with Gasteiger partial charge >= 0.3 is 0 Å². The summed E-state index contributed by atoms with van der Waals surface area (Å²) in [6, 6.07) is 7.84. The SMILES string of the molecule is COc1cc(N2C[C@@H](C(=O)N(Cc3cccs3)C3CC3)CC2=O)cc(OC)c1OC. The van der Waals surface area contributed by atoms with Crippen molar-refractivity contribution < 1.29 is 23.8 Å². The molecule has 7 nitrogen and oxygen atoms in total. The van der Waals surface area contributed by atoms with Crippen molar-refractivity contribution in [2.24, 2.45) is 5.92 Å². The molecule has 30 heavy (non-hydrogen) atoms. The number of anilines is 1. The van der Waals surface area contributed by atoms with E-state index in [1.54, 1.807) is 28.4 Å². The van der Waals surface area contributed by atoms with E-state index in [2.05, 4.69) is 6.07 Å². The van der Waals surface area contributed by atoms with Gasteiger partial charge in [-0.05, 0) is 24.3 Å². The Hall–Kier alpha value is -2.74. The van der Waals surface area contributed by atoms with E-state index in [0.29, 0.717) is 42.1 Å². The number of carbonyl (C=O) groups is 2. The molecule has 0 N–H and O–H groups in total. The highest BCUT2D eigenvalue weighted by molar-refractivity contribution is 7.09. The zero-order valence-corrected chi connectivity index (χ0v) is 18.2. The molecule has 8 heteroatoms. The van der Waals surface area contributed by atoms with Gasteiger partial charge in [0.05, 0.1) is 39.5 Å². The smallest absolute Gasteiger partial charge is 0.228 e. The van der Waals surface area contributed by atoms with Crippen LogP contribution >= 0.6 is 11.3 Å². The van der Waals surface area contributed by atoms with Crippen LogP contribution < -0.4 is 19.1 Å². The Morgan fingerprint density at radius 1 is 1.17 bits per heavy atom. The number of nitrogens with zero attached hydrogens (tertiary/aromatic N) is 2. The van der Waals surface area contributed by atoms with Gasteiger partial charge in [0.2, 0.25) is 17.6 Å². The molecule has 2 heterocycles. The molecule has 0 unspecified atom stereocenters. The molecule has 0 bridgehead atoms. The molecule has 1 saturated carbocycles. The van der Waals surface area contributed by atoms with E-state index in [9.17, 15) is 9.59 Å². The van der Waals surface area contributed by atoms with Gasteiger partial charge in [-0.1, -0.05) is 6.07 Å². The largest absolute Gasteiger partial charge is 0.493 e. The van der Waals surface area contributed by atoms with Crippen molar-refractivity contribution in [1.29, 1.82) is 0 Å². The number of hydrogen-bond donors (Lipinski definition) is 0. The predicted octanol–water partition coefficient (Wildman–Crippen LogP) is 3.32. The predicted molar refractivity (Wildman–Crippen MR) is 114 cm³/mol. The normalized spacial score (nSPS) is 18.4. The van der Waals surface area contributed by atoms with E-state index in [1.807, 2.05) is 16.3 Å². The molecule has 2 amide bonds. The first-order chi connectivity index (χ1) is 14.5. The van der Waals surface area contributed by atoms with Crippen LogP contribution in [-0.4, -0.2) is 50.6 Å². The molecule has 2 aromatic rings. The molecule has 1 aromatic carbocycles. The number of carbonyl (C=O) groups excluding carboxylic acids is 2. The lowest BCUT2D eigenvalue weighted by molar-refractivity contribution is -0.137. The van der Waals surface area contributed by atoms with Crippen molar-refractivity contribution in [3.05, 3.63) is 34.5 Å². The Labute approximate surface area is 180 Å². The summed E-state index contributed by atoms with van der Waals surface area (Å²) in [5, 5.41) is 2.02. The van der Waals surface area contributed by atoms with Crippen LogP contribution in [0.4, 0.5) is 5.69 Å². The molecule has 1 saturated heterocycles. The van der Waals surface area contributed by atoms with E-state index < -0.39 is 0 Å². The Bertz CT molecular complexity index is 901. The van der Waals surface area contributed by atoms with E-state index >= 15 is 0 Å². The maximum atomic E-state index is 13.3. The van der Waals surface area contributed by atoms with Crippen molar-refractivity contribution in [3.8, 4) is 17.2 Å². The zero-order chi connectivity index (χ0) is 21.3. The molecule has 1 aliphatic carbocycles. The second-order valence-corrected chi connectivity index (χ2v) is 8.60. The molecule has 1 aromatic heterocycles. The molecule has 1 atom stereocenters. The van der Waals surface area contributed by atoms with Crippen LogP contribution in [0.5, 0.6) is 17.2 Å². The highest BCUT2D eigenvalue weighted by Crippen LogP contribution is 2.42. The number of rotatable bonds is 8. The molecule has 4 rings (SSSR count). The summed E-state index contributed by atoms with van der Waals surface area (Å²) in [6.45, 7) is 0.972. The fourth-order valence-corrected chi connectivity index (χ4v) is 4.63. The monoisotopic (exact) mass is 430 g/mol. The van der Waals surface area contributed by atoms with E-state index in [1.165, 1.54) is 26.2 Å². The van der Waals surface area contributed by atoms with E-state index in [-0.39, 0.29) is 24.2 Å². The Balaban J connectivity index is 1.54.